The average molecular weight is 229 g/mol. The Morgan fingerprint density at radius 3 is 3.00 bits per heavy atom. The van der Waals surface area contributed by atoms with Gasteiger partial charge in [-0.15, -0.1) is 0 Å². The lowest BCUT2D eigenvalue weighted by Gasteiger charge is -2.15. The molecule has 4 heteroatoms. The summed E-state index contributed by atoms with van der Waals surface area (Å²) in [5.41, 5.74) is 1.00. The number of pyridine rings is 1. The van der Waals surface area contributed by atoms with Gasteiger partial charge in [-0.25, -0.2) is 0 Å². The summed E-state index contributed by atoms with van der Waals surface area (Å²) in [6, 6.07) is 3.68. The maximum absolute atomic E-state index is 5.88. The second-order valence-corrected chi connectivity index (χ2v) is 3.99. The summed E-state index contributed by atoms with van der Waals surface area (Å²) >= 11 is 5.88. The first-order valence-electron chi connectivity index (χ1n) is 5.00. The van der Waals surface area contributed by atoms with Crippen LogP contribution in [0.1, 0.15) is 12.1 Å². The Labute approximate surface area is 96.0 Å². The zero-order valence-corrected chi connectivity index (χ0v) is 10.00. The fourth-order valence-corrected chi connectivity index (χ4v) is 1.55. The molecule has 0 fully saturated rings. The van der Waals surface area contributed by atoms with E-state index in [2.05, 4.69) is 16.9 Å². The predicted molar refractivity (Wildman–Crippen MR) is 62.1 cm³/mol. The van der Waals surface area contributed by atoms with Crippen LogP contribution in [0.5, 0.6) is 0 Å². The van der Waals surface area contributed by atoms with Crippen LogP contribution >= 0.6 is 11.6 Å². The van der Waals surface area contributed by atoms with E-state index in [4.69, 9.17) is 16.3 Å². The van der Waals surface area contributed by atoms with Crippen LogP contribution in [-0.2, 0) is 11.3 Å². The first kappa shape index (κ1) is 12.4. The minimum Gasteiger partial charge on any atom is -0.385 e. The van der Waals surface area contributed by atoms with Crippen LogP contribution in [0.15, 0.2) is 18.3 Å². The highest BCUT2D eigenvalue weighted by atomic mass is 35.5. The highest BCUT2D eigenvalue weighted by molar-refractivity contribution is 6.30. The van der Waals surface area contributed by atoms with E-state index in [1.807, 2.05) is 6.07 Å². The fraction of sp³-hybridized carbons (Fsp3) is 0.545. The third-order valence-electron chi connectivity index (χ3n) is 2.10. The van der Waals surface area contributed by atoms with Crippen LogP contribution in [0.25, 0.3) is 0 Å². The second kappa shape index (κ2) is 6.77. The van der Waals surface area contributed by atoms with Gasteiger partial charge in [0.15, 0.2) is 0 Å². The molecule has 3 nitrogen and oxygen atoms in total. The van der Waals surface area contributed by atoms with E-state index in [1.54, 1.807) is 19.4 Å². The Morgan fingerprint density at radius 2 is 2.33 bits per heavy atom. The lowest BCUT2D eigenvalue weighted by molar-refractivity contribution is 0.178. The normalized spacial score (nSPS) is 10.9. The fourth-order valence-electron chi connectivity index (χ4n) is 1.37. The molecule has 0 bridgehead atoms. The summed E-state index contributed by atoms with van der Waals surface area (Å²) in [5, 5.41) is 0.741. The van der Waals surface area contributed by atoms with Gasteiger partial charge in [-0.3, -0.25) is 4.98 Å². The number of nitrogens with zero attached hydrogens (tertiary/aromatic N) is 2. The van der Waals surface area contributed by atoms with Crippen molar-refractivity contribution < 1.29 is 4.74 Å². The summed E-state index contributed by atoms with van der Waals surface area (Å²) in [6.45, 7) is 2.62. The SMILES string of the molecule is COCCCN(C)Cc1cc(Cl)ccn1. The topological polar surface area (TPSA) is 25.4 Å². The van der Waals surface area contributed by atoms with Crippen molar-refractivity contribution >= 4 is 11.6 Å². The Kier molecular flexibility index (Phi) is 5.61. The van der Waals surface area contributed by atoms with Gasteiger partial charge >= 0.3 is 0 Å². The van der Waals surface area contributed by atoms with Crippen LogP contribution in [0.2, 0.25) is 5.02 Å². The van der Waals surface area contributed by atoms with E-state index in [0.29, 0.717) is 0 Å². The zero-order chi connectivity index (χ0) is 11.1. The Bertz CT molecular complexity index is 294. The highest BCUT2D eigenvalue weighted by Gasteiger charge is 2.01. The summed E-state index contributed by atoms with van der Waals surface area (Å²) in [4.78, 5) is 6.46. The molecule has 0 atom stereocenters. The number of rotatable bonds is 6. The molecule has 84 valence electrons. The lowest BCUT2D eigenvalue weighted by Crippen LogP contribution is -2.20. The third kappa shape index (κ3) is 5.11. The molecule has 0 aliphatic rings. The zero-order valence-electron chi connectivity index (χ0n) is 9.24. The molecule has 15 heavy (non-hydrogen) atoms. The van der Waals surface area contributed by atoms with Crippen molar-refractivity contribution in [3.05, 3.63) is 29.0 Å². The number of hydrogen-bond acceptors (Lipinski definition) is 3. The Balaban J connectivity index is 2.34. The van der Waals surface area contributed by atoms with Gasteiger partial charge in [-0.2, -0.15) is 0 Å². The van der Waals surface area contributed by atoms with Crippen molar-refractivity contribution in [1.82, 2.24) is 9.88 Å². The van der Waals surface area contributed by atoms with Crippen molar-refractivity contribution in [3.8, 4) is 0 Å². The minimum atomic E-state index is 0.741. The summed E-state index contributed by atoms with van der Waals surface area (Å²) in [6.07, 6.45) is 2.77. The summed E-state index contributed by atoms with van der Waals surface area (Å²) in [7, 11) is 3.79. The molecule has 1 aromatic rings. The van der Waals surface area contributed by atoms with Crippen LogP contribution < -0.4 is 0 Å². The second-order valence-electron chi connectivity index (χ2n) is 3.55. The van der Waals surface area contributed by atoms with Gasteiger partial charge in [0.2, 0.25) is 0 Å². The maximum atomic E-state index is 5.88. The lowest BCUT2D eigenvalue weighted by atomic mass is 10.3. The average Bonchev–Trinajstić information content (AvgIpc) is 2.18. The smallest absolute Gasteiger partial charge is 0.0558 e. The molecule has 1 aromatic heterocycles. The summed E-state index contributed by atoms with van der Waals surface area (Å²) < 4.78 is 5.00. The van der Waals surface area contributed by atoms with E-state index in [9.17, 15) is 0 Å². The quantitative estimate of drug-likeness (QED) is 0.698. The predicted octanol–water partition coefficient (Wildman–Crippen LogP) is 2.20. The van der Waals surface area contributed by atoms with Crippen molar-refractivity contribution in [1.29, 1.82) is 0 Å². The summed E-state index contributed by atoms with van der Waals surface area (Å²) in [5.74, 6) is 0. The molecule has 1 heterocycles. The molecular weight excluding hydrogens is 212 g/mol. The van der Waals surface area contributed by atoms with Crippen molar-refractivity contribution in [2.24, 2.45) is 0 Å². The van der Waals surface area contributed by atoms with E-state index >= 15 is 0 Å². The van der Waals surface area contributed by atoms with E-state index in [-0.39, 0.29) is 0 Å². The van der Waals surface area contributed by atoms with Gasteiger partial charge in [0.1, 0.15) is 0 Å². The Morgan fingerprint density at radius 1 is 1.53 bits per heavy atom. The first-order chi connectivity index (χ1) is 7.22. The molecule has 0 saturated carbocycles. The van der Waals surface area contributed by atoms with Gasteiger partial charge in [-0.05, 0) is 25.6 Å². The molecule has 0 saturated heterocycles. The number of hydrogen-bond donors (Lipinski definition) is 0. The number of methoxy groups -OCH3 is 1. The van der Waals surface area contributed by atoms with Gasteiger partial charge in [0.05, 0.1) is 5.69 Å². The molecule has 0 unspecified atom stereocenters. The van der Waals surface area contributed by atoms with E-state index < -0.39 is 0 Å². The van der Waals surface area contributed by atoms with Gasteiger partial charge in [0.25, 0.3) is 0 Å². The molecule has 0 aliphatic carbocycles. The standard InChI is InChI=1S/C11H17ClN2O/c1-14(6-3-7-15-2)9-11-8-10(12)4-5-13-11/h4-5,8H,3,6-7,9H2,1-2H3. The Hall–Kier alpha value is -0.640. The molecule has 0 amide bonds. The number of ether oxygens (including phenoxy) is 1. The van der Waals surface area contributed by atoms with Crippen LogP contribution in [-0.4, -0.2) is 37.2 Å². The van der Waals surface area contributed by atoms with Gasteiger partial charge in [-0.1, -0.05) is 11.6 Å². The molecule has 1 rings (SSSR count). The molecule has 0 aliphatic heterocycles. The molecule has 0 spiro atoms. The van der Waals surface area contributed by atoms with Crippen molar-refractivity contribution in [3.63, 3.8) is 0 Å². The molecule has 0 radical (unpaired) electrons. The number of aromatic nitrogens is 1. The largest absolute Gasteiger partial charge is 0.385 e. The van der Waals surface area contributed by atoms with Crippen LogP contribution in [0.4, 0.5) is 0 Å². The van der Waals surface area contributed by atoms with E-state index in [1.165, 1.54) is 0 Å². The van der Waals surface area contributed by atoms with E-state index in [0.717, 1.165) is 36.8 Å². The van der Waals surface area contributed by atoms with Gasteiger partial charge in [0, 0.05) is 38.0 Å². The third-order valence-corrected chi connectivity index (χ3v) is 2.33. The highest BCUT2D eigenvalue weighted by Crippen LogP contribution is 2.09. The van der Waals surface area contributed by atoms with Crippen molar-refractivity contribution in [2.75, 3.05) is 27.3 Å². The number of halogens is 1. The maximum Gasteiger partial charge on any atom is 0.0558 e. The first-order valence-corrected chi connectivity index (χ1v) is 5.38. The van der Waals surface area contributed by atoms with Gasteiger partial charge < -0.3 is 9.64 Å². The van der Waals surface area contributed by atoms with Crippen LogP contribution in [0, 0.1) is 0 Å². The van der Waals surface area contributed by atoms with Crippen molar-refractivity contribution in [2.45, 2.75) is 13.0 Å². The van der Waals surface area contributed by atoms with Crippen LogP contribution in [0.3, 0.4) is 0 Å². The minimum absolute atomic E-state index is 0.741. The molecule has 0 N–H and O–H groups in total. The molecular formula is C11H17ClN2O. The molecule has 0 aromatic carbocycles. The monoisotopic (exact) mass is 228 g/mol.